The second-order valence-electron chi connectivity index (χ2n) is 25.7. The van der Waals surface area contributed by atoms with Gasteiger partial charge < -0.3 is 14.6 Å². The molecule has 0 rings (SSSR count). The predicted octanol–water partition coefficient (Wildman–Crippen LogP) is 27.1. The van der Waals surface area contributed by atoms with Gasteiger partial charge in [-0.3, -0.25) is 9.59 Å². The molecular weight excluding hydrogens is 1080 g/mol. The lowest BCUT2D eigenvalue weighted by molar-refractivity contribution is -0.161. The molecule has 5 heteroatoms. The zero-order valence-corrected chi connectivity index (χ0v) is 58.5. The summed E-state index contributed by atoms with van der Waals surface area (Å²) in [5.41, 5.74) is 0. The van der Waals surface area contributed by atoms with Crippen LogP contribution in [0, 0.1) is 0 Å². The smallest absolute Gasteiger partial charge is 0.306 e. The Morgan fingerprint density at radius 1 is 0.273 bits per heavy atom. The van der Waals surface area contributed by atoms with E-state index in [1.165, 1.54) is 270 Å². The molecule has 508 valence electrons. The first-order valence-electron chi connectivity index (χ1n) is 38.4. The SMILES string of the molecule is CC/C=C\C/C=C\C/C=C\C/C=C\C/C=C\C/C=C\C/C=C\C/C=C\CCCCCCCCCCCCCCCCC(=O)OC(CO)COC(=O)CCCCCCCCCCCCCCCCCCCCCCCCC/C=C\CCCCCCCCCC. The van der Waals surface area contributed by atoms with Crippen LogP contribution in [0.25, 0.3) is 0 Å². The largest absolute Gasteiger partial charge is 0.462 e. The van der Waals surface area contributed by atoms with Crippen molar-refractivity contribution < 1.29 is 24.2 Å². The highest BCUT2D eigenvalue weighted by Crippen LogP contribution is 2.19. The minimum absolute atomic E-state index is 0.0653. The lowest BCUT2D eigenvalue weighted by Crippen LogP contribution is -2.28. The van der Waals surface area contributed by atoms with Crippen LogP contribution in [-0.2, 0) is 19.1 Å². The fourth-order valence-corrected chi connectivity index (χ4v) is 11.3. The molecule has 0 aliphatic carbocycles. The minimum Gasteiger partial charge on any atom is -0.462 e. The summed E-state index contributed by atoms with van der Waals surface area (Å²) in [5, 5.41) is 9.72. The minimum atomic E-state index is -0.777. The number of hydrogen-bond donors (Lipinski definition) is 1. The number of aliphatic hydroxyl groups is 1. The van der Waals surface area contributed by atoms with Crippen molar-refractivity contribution in [2.75, 3.05) is 13.2 Å². The number of esters is 2. The van der Waals surface area contributed by atoms with Gasteiger partial charge in [0.15, 0.2) is 6.10 Å². The van der Waals surface area contributed by atoms with Crippen molar-refractivity contribution in [2.45, 2.75) is 392 Å². The molecule has 0 bridgehead atoms. The third-order valence-electron chi connectivity index (χ3n) is 17.1. The van der Waals surface area contributed by atoms with Gasteiger partial charge in [0.1, 0.15) is 6.61 Å². The Morgan fingerprint density at radius 2 is 0.489 bits per heavy atom. The van der Waals surface area contributed by atoms with E-state index in [-0.39, 0.29) is 25.2 Å². The van der Waals surface area contributed by atoms with Crippen molar-refractivity contribution in [1.29, 1.82) is 0 Å². The number of allylic oxidation sites excluding steroid dienone is 18. The molecule has 0 aromatic heterocycles. The average molecular weight is 1220 g/mol. The maximum absolute atomic E-state index is 12.4. The van der Waals surface area contributed by atoms with E-state index >= 15 is 0 Å². The molecule has 88 heavy (non-hydrogen) atoms. The Bertz CT molecular complexity index is 1670. The van der Waals surface area contributed by atoms with Gasteiger partial charge in [-0.2, -0.15) is 0 Å². The topological polar surface area (TPSA) is 72.8 Å². The highest BCUT2D eigenvalue weighted by Gasteiger charge is 2.16. The quantitative estimate of drug-likeness (QED) is 0.0373. The van der Waals surface area contributed by atoms with Gasteiger partial charge in [0.2, 0.25) is 0 Å². The van der Waals surface area contributed by atoms with Crippen LogP contribution in [0.3, 0.4) is 0 Å². The number of rotatable bonds is 71. The molecular formula is C83H146O5. The molecule has 0 heterocycles. The molecule has 0 aliphatic heterocycles. The van der Waals surface area contributed by atoms with E-state index in [2.05, 4.69) is 123 Å². The van der Waals surface area contributed by atoms with Crippen LogP contribution in [0.4, 0.5) is 0 Å². The first-order chi connectivity index (χ1) is 43.6. The molecule has 0 aromatic carbocycles. The number of carbonyl (C=O) groups is 2. The fraction of sp³-hybridized carbons (Fsp3) is 0.759. The van der Waals surface area contributed by atoms with E-state index in [9.17, 15) is 14.7 Å². The van der Waals surface area contributed by atoms with Crippen LogP contribution < -0.4 is 0 Å². The van der Waals surface area contributed by atoms with Gasteiger partial charge in [-0.15, -0.1) is 0 Å². The normalized spacial score (nSPS) is 12.8. The predicted molar refractivity (Wildman–Crippen MR) is 389 cm³/mol. The molecule has 0 fully saturated rings. The molecule has 5 nitrogen and oxygen atoms in total. The van der Waals surface area contributed by atoms with Gasteiger partial charge >= 0.3 is 11.9 Å². The maximum atomic E-state index is 12.4. The highest BCUT2D eigenvalue weighted by molar-refractivity contribution is 5.70. The van der Waals surface area contributed by atoms with Gasteiger partial charge in [-0.05, 0) is 103 Å². The number of hydrogen-bond acceptors (Lipinski definition) is 5. The van der Waals surface area contributed by atoms with E-state index in [0.29, 0.717) is 12.8 Å². The fourth-order valence-electron chi connectivity index (χ4n) is 11.3. The summed E-state index contributed by atoms with van der Waals surface area (Å²) in [7, 11) is 0. The summed E-state index contributed by atoms with van der Waals surface area (Å²) in [6.07, 6.45) is 113. The van der Waals surface area contributed by atoms with Crippen LogP contribution in [0.2, 0.25) is 0 Å². The molecule has 0 amide bonds. The number of aliphatic hydroxyl groups excluding tert-OH is 1. The highest BCUT2D eigenvalue weighted by atomic mass is 16.6. The molecule has 1 unspecified atom stereocenters. The van der Waals surface area contributed by atoms with E-state index in [1.807, 2.05) is 0 Å². The average Bonchev–Trinajstić information content (AvgIpc) is 3.54. The van der Waals surface area contributed by atoms with Crippen molar-refractivity contribution in [3.8, 4) is 0 Å². The number of ether oxygens (including phenoxy) is 2. The molecule has 0 aromatic rings. The second-order valence-corrected chi connectivity index (χ2v) is 25.7. The Balaban J connectivity index is 3.44. The Labute approximate surface area is 548 Å². The van der Waals surface area contributed by atoms with Crippen molar-refractivity contribution in [2.24, 2.45) is 0 Å². The van der Waals surface area contributed by atoms with Crippen molar-refractivity contribution >= 4 is 11.9 Å². The molecule has 0 radical (unpaired) electrons. The first kappa shape index (κ1) is 84.6. The maximum Gasteiger partial charge on any atom is 0.306 e. The third kappa shape index (κ3) is 75.0. The summed E-state index contributed by atoms with van der Waals surface area (Å²) in [4.78, 5) is 24.7. The van der Waals surface area contributed by atoms with Crippen LogP contribution in [0.1, 0.15) is 386 Å². The molecule has 0 saturated carbocycles. The lowest BCUT2D eigenvalue weighted by Gasteiger charge is -2.15. The van der Waals surface area contributed by atoms with Crippen LogP contribution in [-0.4, -0.2) is 36.4 Å². The van der Waals surface area contributed by atoms with Crippen molar-refractivity contribution in [3.05, 3.63) is 109 Å². The zero-order chi connectivity index (χ0) is 63.3. The summed E-state index contributed by atoms with van der Waals surface area (Å²) < 4.78 is 10.8. The van der Waals surface area contributed by atoms with E-state index in [4.69, 9.17) is 9.47 Å². The van der Waals surface area contributed by atoms with E-state index in [0.717, 1.165) is 89.9 Å². The Kier molecular flexibility index (Phi) is 74.8. The third-order valence-corrected chi connectivity index (χ3v) is 17.1. The van der Waals surface area contributed by atoms with Gasteiger partial charge in [-0.1, -0.05) is 380 Å². The van der Waals surface area contributed by atoms with E-state index in [1.54, 1.807) is 0 Å². The van der Waals surface area contributed by atoms with Gasteiger partial charge in [0.25, 0.3) is 0 Å². The van der Waals surface area contributed by atoms with Crippen molar-refractivity contribution in [1.82, 2.24) is 0 Å². The molecule has 1 atom stereocenters. The Hall–Kier alpha value is -3.44. The molecule has 1 N–H and O–H groups in total. The second kappa shape index (κ2) is 77.8. The van der Waals surface area contributed by atoms with Crippen LogP contribution in [0.5, 0.6) is 0 Å². The monoisotopic (exact) mass is 1220 g/mol. The molecule has 0 saturated heterocycles. The molecule has 0 spiro atoms. The van der Waals surface area contributed by atoms with Crippen LogP contribution in [0.15, 0.2) is 109 Å². The summed E-state index contributed by atoms with van der Waals surface area (Å²) in [5.74, 6) is -0.576. The number of carbonyl (C=O) groups excluding carboxylic acids is 2. The Morgan fingerprint density at radius 3 is 0.750 bits per heavy atom. The first-order valence-corrected chi connectivity index (χ1v) is 38.4. The van der Waals surface area contributed by atoms with Crippen molar-refractivity contribution in [3.63, 3.8) is 0 Å². The van der Waals surface area contributed by atoms with Gasteiger partial charge in [0, 0.05) is 12.8 Å². The summed E-state index contributed by atoms with van der Waals surface area (Å²) in [6.45, 7) is 4.07. The zero-order valence-electron chi connectivity index (χ0n) is 58.5. The van der Waals surface area contributed by atoms with E-state index < -0.39 is 6.10 Å². The summed E-state index contributed by atoms with van der Waals surface area (Å²) in [6, 6.07) is 0. The summed E-state index contributed by atoms with van der Waals surface area (Å²) >= 11 is 0. The van der Waals surface area contributed by atoms with Gasteiger partial charge in [0.05, 0.1) is 6.61 Å². The standard InChI is InChI=1S/C83H146O5/c1-3-5-7-9-11-13-15-17-19-21-23-25-27-29-31-33-35-37-39-40-41-42-44-46-48-50-52-54-56-58-60-62-64-66-68-70-72-74-76-78-83(86)88-81(79-84)80-87-82(85)77-75-73-71-69-67-65-63-61-59-57-55-53-51-49-47-45-43-38-36-34-32-30-28-26-24-22-20-18-16-14-12-10-8-6-4-2/h5,7,11,13,17,19,22-25,29,31,35,37,40-41,44,46,81,84H,3-4,6,8-10,12,14-16,18,20-21,26-28,30,32-34,36,38-39,42-43,45,47-80H2,1-2H3/b7-5-,13-11-,19-17-,24-22-,25-23-,31-29-,37-35-,41-40-,46-44-. The van der Waals surface area contributed by atoms with Crippen LogP contribution >= 0.6 is 0 Å². The lowest BCUT2D eigenvalue weighted by atomic mass is 10.0. The van der Waals surface area contributed by atoms with Gasteiger partial charge in [-0.25, -0.2) is 0 Å². The molecule has 0 aliphatic rings. The number of unbranched alkanes of at least 4 members (excludes halogenated alkanes) is 45.